The van der Waals surface area contributed by atoms with E-state index >= 15 is 0 Å². The van der Waals surface area contributed by atoms with Crippen LogP contribution in [0.4, 0.5) is 0 Å². The second kappa shape index (κ2) is 8.20. The summed E-state index contributed by atoms with van der Waals surface area (Å²) in [6.45, 7) is 8.04. The molecule has 0 aliphatic carbocycles. The van der Waals surface area contributed by atoms with Gasteiger partial charge in [-0.1, -0.05) is 29.3 Å². The first kappa shape index (κ1) is 16.1. The maximum atomic E-state index is 6.01. The number of hydrogen-bond acceptors (Lipinski definition) is 3. The van der Waals surface area contributed by atoms with Crippen LogP contribution in [0.1, 0.15) is 12.5 Å². The lowest BCUT2D eigenvalue weighted by Crippen LogP contribution is -2.44. The molecular weight excluding hydrogens is 295 g/mol. The van der Waals surface area contributed by atoms with E-state index in [1.807, 2.05) is 18.2 Å². The van der Waals surface area contributed by atoms with Gasteiger partial charge in [-0.15, -0.1) is 0 Å². The van der Waals surface area contributed by atoms with E-state index in [4.69, 9.17) is 27.9 Å². The highest BCUT2D eigenvalue weighted by atomic mass is 35.5. The highest BCUT2D eigenvalue weighted by molar-refractivity contribution is 6.42. The third-order valence-corrected chi connectivity index (χ3v) is 4.27. The molecule has 1 heterocycles. The molecular formula is C15H22Cl2N2O. The fraction of sp³-hybridized carbons (Fsp3) is 0.600. The predicted octanol–water partition coefficient (Wildman–Crippen LogP) is 2.85. The Kier molecular flexibility index (Phi) is 6.59. The van der Waals surface area contributed by atoms with E-state index < -0.39 is 0 Å². The molecule has 1 aliphatic heterocycles. The molecule has 1 aliphatic rings. The second-order valence-corrected chi connectivity index (χ2v) is 6.08. The topological polar surface area (TPSA) is 24.5 Å². The summed E-state index contributed by atoms with van der Waals surface area (Å²) in [5.41, 5.74) is 1.21. The van der Waals surface area contributed by atoms with Crippen LogP contribution in [0.2, 0.25) is 10.0 Å². The Hall–Kier alpha value is -0.320. The summed E-state index contributed by atoms with van der Waals surface area (Å²) >= 11 is 11.9. The fourth-order valence-electron chi connectivity index (χ4n) is 2.39. The zero-order valence-corrected chi connectivity index (χ0v) is 13.4. The van der Waals surface area contributed by atoms with Crippen molar-refractivity contribution >= 4 is 23.2 Å². The molecule has 1 N–H and O–H groups in total. The molecule has 1 fully saturated rings. The molecule has 1 atom stereocenters. The molecule has 1 unspecified atom stereocenters. The lowest BCUT2D eigenvalue weighted by molar-refractivity contribution is 0.0344. The van der Waals surface area contributed by atoms with Crippen LogP contribution in [0.25, 0.3) is 0 Å². The SMILES string of the molecule is CC(CN1CCOCC1)NCCc1ccc(Cl)c(Cl)c1. The summed E-state index contributed by atoms with van der Waals surface area (Å²) in [4.78, 5) is 2.44. The molecule has 0 spiro atoms. The number of morpholine rings is 1. The Morgan fingerprint density at radius 1 is 1.25 bits per heavy atom. The van der Waals surface area contributed by atoms with Crippen molar-refractivity contribution in [1.29, 1.82) is 0 Å². The molecule has 20 heavy (non-hydrogen) atoms. The van der Waals surface area contributed by atoms with Crippen LogP contribution in [0, 0.1) is 0 Å². The van der Waals surface area contributed by atoms with E-state index in [1.165, 1.54) is 5.56 Å². The third kappa shape index (κ3) is 5.23. The molecule has 1 aromatic carbocycles. The Morgan fingerprint density at radius 2 is 2.00 bits per heavy atom. The van der Waals surface area contributed by atoms with Crippen LogP contribution in [0.15, 0.2) is 18.2 Å². The molecule has 0 bridgehead atoms. The van der Waals surface area contributed by atoms with Crippen molar-refractivity contribution in [2.24, 2.45) is 0 Å². The molecule has 0 amide bonds. The van der Waals surface area contributed by atoms with Crippen molar-refractivity contribution in [2.45, 2.75) is 19.4 Å². The van der Waals surface area contributed by atoms with Gasteiger partial charge in [0.1, 0.15) is 0 Å². The van der Waals surface area contributed by atoms with E-state index in [9.17, 15) is 0 Å². The molecule has 1 aromatic rings. The zero-order valence-electron chi connectivity index (χ0n) is 11.9. The number of rotatable bonds is 6. The van der Waals surface area contributed by atoms with Gasteiger partial charge in [0.2, 0.25) is 0 Å². The van der Waals surface area contributed by atoms with E-state index in [0.29, 0.717) is 16.1 Å². The maximum absolute atomic E-state index is 6.01. The summed E-state index contributed by atoms with van der Waals surface area (Å²) in [5, 5.41) is 4.80. The van der Waals surface area contributed by atoms with Gasteiger partial charge in [-0.2, -0.15) is 0 Å². The van der Waals surface area contributed by atoms with Gasteiger partial charge in [0.05, 0.1) is 23.3 Å². The first-order valence-electron chi connectivity index (χ1n) is 7.12. The predicted molar refractivity (Wildman–Crippen MR) is 84.9 cm³/mol. The fourth-order valence-corrected chi connectivity index (χ4v) is 2.71. The number of hydrogen-bond donors (Lipinski definition) is 1. The monoisotopic (exact) mass is 316 g/mol. The van der Waals surface area contributed by atoms with Crippen LogP contribution in [0.5, 0.6) is 0 Å². The highest BCUT2D eigenvalue weighted by Crippen LogP contribution is 2.22. The molecule has 1 saturated heterocycles. The quantitative estimate of drug-likeness (QED) is 0.873. The van der Waals surface area contributed by atoms with Crippen molar-refractivity contribution in [3.05, 3.63) is 33.8 Å². The third-order valence-electron chi connectivity index (χ3n) is 3.53. The molecule has 0 aromatic heterocycles. The minimum absolute atomic E-state index is 0.482. The normalized spacial score (nSPS) is 18.1. The van der Waals surface area contributed by atoms with E-state index in [0.717, 1.165) is 45.8 Å². The average Bonchev–Trinajstić information content (AvgIpc) is 2.44. The summed E-state index contributed by atoms with van der Waals surface area (Å²) in [6, 6.07) is 6.31. The number of nitrogens with zero attached hydrogens (tertiary/aromatic N) is 1. The van der Waals surface area contributed by atoms with Crippen LogP contribution < -0.4 is 5.32 Å². The van der Waals surface area contributed by atoms with Gasteiger partial charge in [-0.05, 0) is 37.6 Å². The summed E-state index contributed by atoms with van der Waals surface area (Å²) in [7, 11) is 0. The van der Waals surface area contributed by atoms with Gasteiger partial charge in [0.15, 0.2) is 0 Å². The molecule has 0 saturated carbocycles. The van der Waals surface area contributed by atoms with Gasteiger partial charge in [-0.25, -0.2) is 0 Å². The van der Waals surface area contributed by atoms with Crippen LogP contribution >= 0.6 is 23.2 Å². The minimum atomic E-state index is 0.482. The van der Waals surface area contributed by atoms with Gasteiger partial charge < -0.3 is 10.1 Å². The molecule has 2 rings (SSSR count). The van der Waals surface area contributed by atoms with Crippen molar-refractivity contribution in [2.75, 3.05) is 39.4 Å². The van der Waals surface area contributed by atoms with Crippen molar-refractivity contribution in [3.8, 4) is 0 Å². The molecule has 3 nitrogen and oxygen atoms in total. The number of nitrogens with one attached hydrogen (secondary N) is 1. The molecule has 0 radical (unpaired) electrons. The average molecular weight is 317 g/mol. The maximum Gasteiger partial charge on any atom is 0.0595 e. The van der Waals surface area contributed by atoms with Gasteiger partial charge >= 0.3 is 0 Å². The Balaban J connectivity index is 1.67. The van der Waals surface area contributed by atoms with Gasteiger partial charge in [0.25, 0.3) is 0 Å². The van der Waals surface area contributed by atoms with Crippen LogP contribution in [-0.4, -0.2) is 50.3 Å². The standard InChI is InChI=1S/C15H22Cl2N2O/c1-12(11-19-6-8-20-9-7-19)18-5-4-13-2-3-14(16)15(17)10-13/h2-3,10,12,18H,4-9,11H2,1H3. The lowest BCUT2D eigenvalue weighted by Gasteiger charge is -2.29. The Morgan fingerprint density at radius 3 is 2.70 bits per heavy atom. The van der Waals surface area contributed by atoms with Gasteiger partial charge in [-0.3, -0.25) is 4.90 Å². The van der Waals surface area contributed by atoms with Crippen molar-refractivity contribution < 1.29 is 4.74 Å². The van der Waals surface area contributed by atoms with Gasteiger partial charge in [0, 0.05) is 25.7 Å². The number of benzene rings is 1. The second-order valence-electron chi connectivity index (χ2n) is 5.27. The minimum Gasteiger partial charge on any atom is -0.379 e. The first-order valence-corrected chi connectivity index (χ1v) is 7.88. The van der Waals surface area contributed by atoms with Crippen LogP contribution in [-0.2, 0) is 11.2 Å². The number of halogens is 2. The molecule has 112 valence electrons. The summed E-state index contributed by atoms with van der Waals surface area (Å²) in [6.07, 6.45) is 0.963. The lowest BCUT2D eigenvalue weighted by atomic mass is 10.1. The van der Waals surface area contributed by atoms with Crippen molar-refractivity contribution in [3.63, 3.8) is 0 Å². The van der Waals surface area contributed by atoms with E-state index in [-0.39, 0.29) is 0 Å². The zero-order chi connectivity index (χ0) is 14.4. The van der Waals surface area contributed by atoms with E-state index in [1.54, 1.807) is 0 Å². The summed E-state index contributed by atoms with van der Waals surface area (Å²) < 4.78 is 5.36. The summed E-state index contributed by atoms with van der Waals surface area (Å²) in [5.74, 6) is 0. The smallest absolute Gasteiger partial charge is 0.0595 e. The highest BCUT2D eigenvalue weighted by Gasteiger charge is 2.13. The van der Waals surface area contributed by atoms with Crippen LogP contribution in [0.3, 0.4) is 0 Å². The first-order chi connectivity index (χ1) is 9.65. The van der Waals surface area contributed by atoms with E-state index in [2.05, 4.69) is 17.1 Å². The largest absolute Gasteiger partial charge is 0.379 e. The Labute approximate surface area is 131 Å². The number of ether oxygens (including phenoxy) is 1. The van der Waals surface area contributed by atoms with Crippen molar-refractivity contribution in [1.82, 2.24) is 10.2 Å². The molecule has 5 heteroatoms. The Bertz CT molecular complexity index is 422.